The number of carbonyl (C=O) groups excluding carboxylic acids is 1. The van der Waals surface area contributed by atoms with Gasteiger partial charge in [-0.25, -0.2) is 12.8 Å². The lowest BCUT2D eigenvalue weighted by Gasteiger charge is -2.35. The number of halogens is 2. The van der Waals surface area contributed by atoms with Gasteiger partial charge in [-0.2, -0.15) is 0 Å². The molecule has 1 unspecified atom stereocenters. The van der Waals surface area contributed by atoms with E-state index in [1.165, 1.54) is 19.2 Å². The van der Waals surface area contributed by atoms with E-state index in [-0.39, 0.29) is 31.0 Å². The molecule has 0 aliphatic carbocycles. The zero-order valence-electron chi connectivity index (χ0n) is 14.5. The Bertz CT molecular complexity index is 721. The highest BCUT2D eigenvalue weighted by molar-refractivity contribution is 7.92. The summed E-state index contributed by atoms with van der Waals surface area (Å²) in [5.74, 6) is -0.950. The molecule has 0 radical (unpaired) electrons. The quantitative estimate of drug-likeness (QED) is 0.792. The van der Waals surface area contributed by atoms with Crippen LogP contribution in [0.15, 0.2) is 18.2 Å². The lowest BCUT2D eigenvalue weighted by Crippen LogP contribution is -2.57. The highest BCUT2D eigenvalue weighted by Gasteiger charge is 2.48. The third kappa shape index (κ3) is 4.43. The number of amides is 1. The Morgan fingerprint density at radius 1 is 1.36 bits per heavy atom. The lowest BCUT2D eigenvalue weighted by molar-refractivity contribution is -0.125. The Morgan fingerprint density at radius 3 is 2.44 bits per heavy atom. The molecule has 0 saturated carbocycles. The van der Waals surface area contributed by atoms with Crippen LogP contribution in [0.2, 0.25) is 0 Å². The molecule has 1 amide bonds. The maximum atomic E-state index is 13.8. The van der Waals surface area contributed by atoms with Crippen molar-refractivity contribution in [1.82, 2.24) is 10.6 Å². The summed E-state index contributed by atoms with van der Waals surface area (Å²) in [6.45, 7) is 2.62. The van der Waals surface area contributed by atoms with Crippen LogP contribution < -0.4 is 15.4 Å². The van der Waals surface area contributed by atoms with Gasteiger partial charge < -0.3 is 15.4 Å². The second kappa shape index (κ2) is 8.33. The largest absolute Gasteiger partial charge is 0.494 e. The van der Waals surface area contributed by atoms with Crippen molar-refractivity contribution in [3.05, 3.63) is 29.6 Å². The summed E-state index contributed by atoms with van der Waals surface area (Å²) in [6.07, 6.45) is 1.54. The van der Waals surface area contributed by atoms with Gasteiger partial charge >= 0.3 is 0 Å². The number of carbonyl (C=O) groups is 1. The number of hydrogen-bond donors (Lipinski definition) is 2. The number of rotatable bonds is 5. The van der Waals surface area contributed by atoms with Crippen LogP contribution >= 0.6 is 12.4 Å². The number of sulfone groups is 1. The van der Waals surface area contributed by atoms with Crippen molar-refractivity contribution in [1.29, 1.82) is 0 Å². The van der Waals surface area contributed by atoms with Crippen molar-refractivity contribution in [2.75, 3.05) is 26.5 Å². The predicted molar refractivity (Wildman–Crippen MR) is 96.4 cm³/mol. The predicted octanol–water partition coefficient (Wildman–Crippen LogP) is 1.60. The maximum Gasteiger partial charge on any atom is 0.242 e. The van der Waals surface area contributed by atoms with E-state index in [0.717, 1.165) is 6.26 Å². The van der Waals surface area contributed by atoms with Crippen molar-refractivity contribution in [3.8, 4) is 5.75 Å². The van der Waals surface area contributed by atoms with Crippen molar-refractivity contribution < 1.29 is 22.3 Å². The molecule has 1 aliphatic rings. The average Bonchev–Trinajstić information content (AvgIpc) is 2.54. The van der Waals surface area contributed by atoms with E-state index in [0.29, 0.717) is 18.7 Å². The minimum atomic E-state index is -3.58. The van der Waals surface area contributed by atoms with E-state index in [1.54, 1.807) is 13.0 Å². The van der Waals surface area contributed by atoms with Crippen LogP contribution in [0.3, 0.4) is 0 Å². The molecule has 1 saturated heterocycles. The molecule has 1 aliphatic heterocycles. The molecule has 1 heterocycles. The van der Waals surface area contributed by atoms with Gasteiger partial charge in [-0.3, -0.25) is 4.79 Å². The second-order valence-electron chi connectivity index (χ2n) is 6.11. The molecule has 6 nitrogen and oxygen atoms in total. The SMILES string of the molecule is COc1ccc(C(C)NC(=O)C2(S(C)(=O)=O)CCNCC2)cc1F.Cl. The molecular formula is C16H24ClFN2O4S. The Balaban J connectivity index is 0.00000312. The summed E-state index contributed by atoms with van der Waals surface area (Å²) in [5, 5.41) is 5.79. The summed E-state index contributed by atoms with van der Waals surface area (Å²) >= 11 is 0. The molecular weight excluding hydrogens is 371 g/mol. The Labute approximate surface area is 153 Å². The molecule has 0 aromatic heterocycles. The normalized spacial score (nSPS) is 17.9. The van der Waals surface area contributed by atoms with Gasteiger partial charge in [0.2, 0.25) is 5.91 Å². The molecule has 0 bridgehead atoms. The van der Waals surface area contributed by atoms with E-state index >= 15 is 0 Å². The monoisotopic (exact) mass is 394 g/mol. The topological polar surface area (TPSA) is 84.5 Å². The van der Waals surface area contributed by atoms with Crippen LogP contribution in [0, 0.1) is 5.82 Å². The zero-order chi connectivity index (χ0) is 18.0. The Morgan fingerprint density at radius 2 is 1.96 bits per heavy atom. The molecule has 1 atom stereocenters. The molecule has 2 rings (SSSR count). The minimum absolute atomic E-state index is 0. The van der Waals surface area contributed by atoms with Gasteiger partial charge in [-0.05, 0) is 50.6 Å². The maximum absolute atomic E-state index is 13.8. The number of methoxy groups -OCH3 is 1. The number of benzene rings is 1. The first-order chi connectivity index (χ1) is 11.2. The van der Waals surface area contributed by atoms with Gasteiger partial charge in [0.25, 0.3) is 0 Å². The first-order valence-corrected chi connectivity index (χ1v) is 9.65. The van der Waals surface area contributed by atoms with E-state index in [4.69, 9.17) is 4.74 Å². The van der Waals surface area contributed by atoms with Crippen LogP contribution in [0.1, 0.15) is 31.4 Å². The number of nitrogens with one attached hydrogen (secondary N) is 2. The molecule has 9 heteroatoms. The fourth-order valence-corrected chi connectivity index (χ4v) is 4.30. The summed E-state index contributed by atoms with van der Waals surface area (Å²) in [4.78, 5) is 12.7. The van der Waals surface area contributed by atoms with Crippen molar-refractivity contribution in [3.63, 3.8) is 0 Å². The van der Waals surface area contributed by atoms with Crippen LogP contribution in [0.5, 0.6) is 5.75 Å². The fraction of sp³-hybridized carbons (Fsp3) is 0.562. The highest BCUT2D eigenvalue weighted by atomic mass is 35.5. The van der Waals surface area contributed by atoms with Gasteiger partial charge in [0.05, 0.1) is 13.2 Å². The molecule has 1 fully saturated rings. The van der Waals surface area contributed by atoms with Gasteiger partial charge in [0.15, 0.2) is 26.2 Å². The highest BCUT2D eigenvalue weighted by Crippen LogP contribution is 2.29. The molecule has 25 heavy (non-hydrogen) atoms. The van der Waals surface area contributed by atoms with E-state index < -0.39 is 32.4 Å². The summed E-state index contributed by atoms with van der Waals surface area (Å²) < 4.78 is 41.7. The third-order valence-corrected chi connectivity index (χ3v) is 6.57. The van der Waals surface area contributed by atoms with Gasteiger partial charge in [-0.15, -0.1) is 12.4 Å². The average molecular weight is 395 g/mol. The molecule has 142 valence electrons. The summed E-state index contributed by atoms with van der Waals surface area (Å²) in [5.41, 5.74) is 0.541. The standard InChI is InChI=1S/C16H23FN2O4S.ClH/c1-11(12-4-5-14(23-2)13(17)10-12)19-15(20)16(24(3,21)22)6-8-18-9-7-16;/h4-5,10-11,18H,6-9H2,1-3H3,(H,19,20);1H. The summed E-state index contributed by atoms with van der Waals surface area (Å²) in [6, 6.07) is 3.87. The lowest BCUT2D eigenvalue weighted by atomic mass is 9.95. The van der Waals surface area contributed by atoms with E-state index in [9.17, 15) is 17.6 Å². The van der Waals surface area contributed by atoms with E-state index in [1.807, 2.05) is 0 Å². The van der Waals surface area contributed by atoms with Gasteiger partial charge in [0.1, 0.15) is 0 Å². The fourth-order valence-electron chi connectivity index (χ4n) is 2.96. The first kappa shape index (κ1) is 21.7. The molecule has 2 N–H and O–H groups in total. The van der Waals surface area contributed by atoms with Crippen molar-refractivity contribution in [2.24, 2.45) is 0 Å². The number of ether oxygens (including phenoxy) is 1. The zero-order valence-corrected chi connectivity index (χ0v) is 16.1. The Kier molecular flexibility index (Phi) is 7.22. The summed E-state index contributed by atoms with van der Waals surface area (Å²) in [7, 11) is -2.21. The van der Waals surface area contributed by atoms with Crippen molar-refractivity contribution in [2.45, 2.75) is 30.6 Å². The van der Waals surface area contributed by atoms with Crippen LogP contribution in [0.4, 0.5) is 4.39 Å². The van der Waals surface area contributed by atoms with Crippen LogP contribution in [-0.2, 0) is 14.6 Å². The number of hydrogen-bond acceptors (Lipinski definition) is 5. The van der Waals surface area contributed by atoms with Gasteiger partial charge in [0, 0.05) is 6.26 Å². The van der Waals surface area contributed by atoms with Crippen LogP contribution in [0.25, 0.3) is 0 Å². The Hall–Kier alpha value is -1.38. The van der Waals surface area contributed by atoms with Crippen molar-refractivity contribution >= 4 is 28.2 Å². The first-order valence-electron chi connectivity index (χ1n) is 7.76. The van der Waals surface area contributed by atoms with Crippen LogP contribution in [-0.4, -0.2) is 45.5 Å². The molecule has 0 spiro atoms. The number of piperidine rings is 1. The third-order valence-electron chi connectivity index (χ3n) is 4.56. The molecule has 1 aromatic rings. The second-order valence-corrected chi connectivity index (χ2v) is 8.43. The van der Waals surface area contributed by atoms with Gasteiger partial charge in [-0.1, -0.05) is 6.07 Å². The smallest absolute Gasteiger partial charge is 0.242 e. The molecule has 1 aromatic carbocycles. The minimum Gasteiger partial charge on any atom is -0.494 e. The van der Waals surface area contributed by atoms with E-state index in [2.05, 4.69) is 10.6 Å².